The number of urea groups is 1. The predicted molar refractivity (Wildman–Crippen MR) is 110 cm³/mol. The lowest BCUT2D eigenvalue weighted by Gasteiger charge is -2.48. The van der Waals surface area contributed by atoms with Crippen LogP contribution in [0.3, 0.4) is 0 Å². The van der Waals surface area contributed by atoms with Crippen LogP contribution < -0.4 is 15.4 Å². The predicted octanol–water partition coefficient (Wildman–Crippen LogP) is 5.46. The summed E-state index contributed by atoms with van der Waals surface area (Å²) in [6.07, 6.45) is 7.47. The van der Waals surface area contributed by atoms with Crippen LogP contribution in [0.5, 0.6) is 5.75 Å². The average molecular weight is 394 g/mol. The lowest BCUT2D eigenvalue weighted by Crippen LogP contribution is -2.50. The van der Waals surface area contributed by atoms with Gasteiger partial charge in [0.15, 0.2) is 0 Å². The number of fused-ring (bicyclic) bond motifs is 2. The van der Waals surface area contributed by atoms with E-state index in [1.165, 1.54) is 0 Å². The first-order valence-electron chi connectivity index (χ1n) is 9.51. The van der Waals surface area contributed by atoms with Gasteiger partial charge >= 0.3 is 6.03 Å². The summed E-state index contributed by atoms with van der Waals surface area (Å²) >= 11 is 6.20. The van der Waals surface area contributed by atoms with Crippen LogP contribution in [-0.4, -0.2) is 16.6 Å². The van der Waals surface area contributed by atoms with Crippen molar-refractivity contribution in [3.63, 3.8) is 0 Å². The highest BCUT2D eigenvalue weighted by molar-refractivity contribution is 6.30. The van der Waals surface area contributed by atoms with Gasteiger partial charge in [0.1, 0.15) is 11.4 Å². The molecule has 0 bridgehead atoms. The number of pyridine rings is 1. The Bertz CT molecular complexity index is 1060. The molecule has 2 heterocycles. The fourth-order valence-corrected chi connectivity index (χ4v) is 4.38. The second kappa shape index (κ2) is 6.67. The van der Waals surface area contributed by atoms with Crippen molar-refractivity contribution in [3.8, 4) is 5.75 Å². The van der Waals surface area contributed by atoms with Crippen molar-refractivity contribution in [2.45, 2.75) is 37.3 Å². The summed E-state index contributed by atoms with van der Waals surface area (Å²) in [5.74, 6) is 0.817. The number of amides is 2. The van der Waals surface area contributed by atoms with Crippen LogP contribution in [0.25, 0.3) is 10.8 Å². The number of hydrogen-bond donors (Lipinski definition) is 2. The maximum Gasteiger partial charge on any atom is 0.319 e. The third-order valence-electron chi connectivity index (χ3n) is 5.75. The molecular weight excluding hydrogens is 374 g/mol. The Balaban J connectivity index is 1.40. The van der Waals surface area contributed by atoms with E-state index >= 15 is 0 Å². The summed E-state index contributed by atoms with van der Waals surface area (Å²) in [4.78, 5) is 17.0. The molecule has 1 aromatic heterocycles. The number of aromatic nitrogens is 1. The summed E-state index contributed by atoms with van der Waals surface area (Å²) in [5.41, 5.74) is 1.53. The SMILES string of the molecule is O=C(Nc1cccc2cnccc12)NC1CC2(CCC2)Oc2ccc(Cl)cc21. The Hall–Kier alpha value is -2.79. The van der Waals surface area contributed by atoms with Gasteiger partial charge in [-0.3, -0.25) is 4.98 Å². The number of benzene rings is 2. The summed E-state index contributed by atoms with van der Waals surface area (Å²) < 4.78 is 6.26. The molecule has 2 aliphatic rings. The minimum Gasteiger partial charge on any atom is -0.487 e. The lowest BCUT2D eigenvalue weighted by atomic mass is 9.73. The summed E-state index contributed by atoms with van der Waals surface area (Å²) in [6.45, 7) is 0. The Morgan fingerprint density at radius 1 is 1.21 bits per heavy atom. The molecule has 2 aromatic carbocycles. The van der Waals surface area contributed by atoms with E-state index in [1.807, 2.05) is 42.5 Å². The van der Waals surface area contributed by atoms with E-state index in [4.69, 9.17) is 16.3 Å². The highest BCUT2D eigenvalue weighted by Crippen LogP contribution is 2.49. The van der Waals surface area contributed by atoms with Gasteiger partial charge in [0.05, 0.1) is 11.7 Å². The largest absolute Gasteiger partial charge is 0.487 e. The lowest BCUT2D eigenvalue weighted by molar-refractivity contribution is -0.0354. The molecule has 1 fully saturated rings. The standard InChI is InChI=1S/C22H20ClN3O2/c23-15-5-6-20-17(11-15)19(12-22(28-20)8-2-9-22)26-21(27)25-18-4-1-3-14-13-24-10-7-16(14)18/h1,3-7,10-11,13,19H,2,8-9,12H2,(H2,25,26,27). The molecule has 2 amide bonds. The zero-order chi connectivity index (χ0) is 19.1. The maximum atomic E-state index is 12.8. The second-order valence-electron chi connectivity index (χ2n) is 7.58. The van der Waals surface area contributed by atoms with Crippen molar-refractivity contribution in [2.75, 3.05) is 5.32 Å². The molecule has 1 unspecified atom stereocenters. The van der Waals surface area contributed by atoms with Crippen LogP contribution in [0.1, 0.15) is 37.3 Å². The summed E-state index contributed by atoms with van der Waals surface area (Å²) in [7, 11) is 0. The first kappa shape index (κ1) is 17.3. The normalized spacial score (nSPS) is 19.4. The molecular formula is C22H20ClN3O2. The van der Waals surface area contributed by atoms with Gasteiger partial charge in [-0.2, -0.15) is 0 Å². The quantitative estimate of drug-likeness (QED) is 0.608. The maximum absolute atomic E-state index is 12.8. The van der Waals surface area contributed by atoms with Gasteiger partial charge in [-0.25, -0.2) is 4.79 Å². The molecule has 1 aliphatic carbocycles. The zero-order valence-corrected chi connectivity index (χ0v) is 16.0. The van der Waals surface area contributed by atoms with E-state index in [0.29, 0.717) is 5.02 Å². The number of hydrogen-bond acceptors (Lipinski definition) is 3. The summed E-state index contributed by atoms with van der Waals surface area (Å²) in [6, 6.07) is 12.9. The number of carbonyl (C=O) groups excluding carboxylic acids is 1. The van der Waals surface area contributed by atoms with E-state index in [2.05, 4.69) is 15.6 Å². The zero-order valence-electron chi connectivity index (χ0n) is 15.2. The molecule has 1 atom stereocenters. The van der Waals surface area contributed by atoms with Crippen molar-refractivity contribution >= 4 is 34.1 Å². The molecule has 1 aliphatic heterocycles. The highest BCUT2D eigenvalue weighted by Gasteiger charge is 2.46. The number of nitrogens with one attached hydrogen (secondary N) is 2. The van der Waals surface area contributed by atoms with Gasteiger partial charge in [0.25, 0.3) is 0 Å². The fourth-order valence-electron chi connectivity index (χ4n) is 4.20. The van der Waals surface area contributed by atoms with E-state index in [9.17, 15) is 4.79 Å². The molecule has 28 heavy (non-hydrogen) atoms. The number of rotatable bonds is 2. The van der Waals surface area contributed by atoms with Crippen LogP contribution in [0, 0.1) is 0 Å². The van der Waals surface area contributed by atoms with Crippen molar-refractivity contribution in [3.05, 3.63) is 65.4 Å². The number of anilines is 1. The van der Waals surface area contributed by atoms with Crippen LogP contribution in [0.4, 0.5) is 10.5 Å². The van der Waals surface area contributed by atoms with E-state index in [-0.39, 0.29) is 17.7 Å². The van der Waals surface area contributed by atoms with Crippen molar-refractivity contribution in [1.29, 1.82) is 0 Å². The smallest absolute Gasteiger partial charge is 0.319 e. The first-order valence-corrected chi connectivity index (χ1v) is 9.88. The number of ether oxygens (including phenoxy) is 1. The Morgan fingerprint density at radius 3 is 2.93 bits per heavy atom. The van der Waals surface area contributed by atoms with Crippen LogP contribution in [0.15, 0.2) is 54.9 Å². The fraction of sp³-hybridized carbons (Fsp3) is 0.273. The molecule has 0 radical (unpaired) electrons. The minimum absolute atomic E-state index is 0.139. The molecule has 3 aromatic rings. The Kier molecular flexibility index (Phi) is 4.13. The molecule has 1 saturated carbocycles. The highest BCUT2D eigenvalue weighted by atomic mass is 35.5. The minimum atomic E-state index is -0.239. The van der Waals surface area contributed by atoms with Gasteiger partial charge in [0, 0.05) is 40.2 Å². The third-order valence-corrected chi connectivity index (χ3v) is 5.98. The van der Waals surface area contributed by atoms with Gasteiger partial charge in [0.2, 0.25) is 0 Å². The van der Waals surface area contributed by atoms with Gasteiger partial charge in [-0.05, 0) is 49.6 Å². The van der Waals surface area contributed by atoms with Gasteiger partial charge in [-0.15, -0.1) is 0 Å². The number of nitrogens with zero attached hydrogens (tertiary/aromatic N) is 1. The van der Waals surface area contributed by atoms with E-state index in [0.717, 1.165) is 53.5 Å². The van der Waals surface area contributed by atoms with Crippen molar-refractivity contribution < 1.29 is 9.53 Å². The average Bonchev–Trinajstić information content (AvgIpc) is 2.67. The Labute approximate surface area is 168 Å². The van der Waals surface area contributed by atoms with Crippen molar-refractivity contribution in [2.24, 2.45) is 0 Å². The Morgan fingerprint density at radius 2 is 2.11 bits per heavy atom. The van der Waals surface area contributed by atoms with Crippen molar-refractivity contribution in [1.82, 2.24) is 10.3 Å². The third kappa shape index (κ3) is 3.06. The summed E-state index contributed by atoms with van der Waals surface area (Å²) in [5, 5.41) is 8.70. The molecule has 0 saturated heterocycles. The molecule has 142 valence electrons. The molecule has 1 spiro atoms. The molecule has 2 N–H and O–H groups in total. The topological polar surface area (TPSA) is 63.2 Å². The first-order chi connectivity index (χ1) is 13.6. The van der Waals surface area contributed by atoms with E-state index < -0.39 is 0 Å². The monoisotopic (exact) mass is 393 g/mol. The van der Waals surface area contributed by atoms with Gasteiger partial charge in [-0.1, -0.05) is 23.7 Å². The molecule has 5 nitrogen and oxygen atoms in total. The van der Waals surface area contributed by atoms with Crippen LogP contribution in [0.2, 0.25) is 5.02 Å². The molecule has 5 rings (SSSR count). The second-order valence-corrected chi connectivity index (χ2v) is 8.01. The van der Waals surface area contributed by atoms with Gasteiger partial charge < -0.3 is 15.4 Å². The van der Waals surface area contributed by atoms with Crippen LogP contribution in [-0.2, 0) is 0 Å². The number of halogens is 1. The number of carbonyl (C=O) groups is 1. The van der Waals surface area contributed by atoms with Crippen LogP contribution >= 0.6 is 11.6 Å². The molecule has 6 heteroatoms. The van der Waals surface area contributed by atoms with E-state index in [1.54, 1.807) is 12.4 Å².